The number of alkyl halides is 3. The van der Waals surface area contributed by atoms with Gasteiger partial charge in [0.1, 0.15) is 0 Å². The van der Waals surface area contributed by atoms with Crippen LogP contribution in [0.15, 0.2) is 24.3 Å². The molecule has 112 valence electrons. The minimum absolute atomic E-state index is 0.153. The highest BCUT2D eigenvalue weighted by molar-refractivity contribution is 5.49. The molecule has 1 aliphatic rings. The molecule has 1 fully saturated rings. The highest BCUT2D eigenvalue weighted by atomic mass is 19.4. The number of hydrogen-bond acceptors (Lipinski definition) is 3. The van der Waals surface area contributed by atoms with Crippen molar-refractivity contribution < 1.29 is 17.9 Å². The lowest BCUT2D eigenvalue weighted by atomic mass is 10.1. The van der Waals surface area contributed by atoms with Gasteiger partial charge in [-0.05, 0) is 30.8 Å². The van der Waals surface area contributed by atoms with E-state index in [2.05, 4.69) is 10.2 Å². The smallest absolute Gasteiger partial charge is 0.377 e. The van der Waals surface area contributed by atoms with Crippen LogP contribution < -0.4 is 10.2 Å². The standard InChI is InChI=1S/C14H19F3N2O/c1-2-18-9-13-10-20-8-7-19(13)12-5-3-11(4-6-12)14(15,16)17/h3-6,13,18H,2,7-10H2,1H3. The summed E-state index contributed by atoms with van der Waals surface area (Å²) in [6, 6.07) is 5.49. The van der Waals surface area contributed by atoms with Gasteiger partial charge < -0.3 is 15.0 Å². The summed E-state index contributed by atoms with van der Waals surface area (Å²) >= 11 is 0. The highest BCUT2D eigenvalue weighted by Crippen LogP contribution is 2.31. The van der Waals surface area contributed by atoms with Crippen molar-refractivity contribution in [1.82, 2.24) is 5.32 Å². The first kappa shape index (κ1) is 15.1. The zero-order valence-electron chi connectivity index (χ0n) is 11.4. The van der Waals surface area contributed by atoms with Crippen molar-refractivity contribution >= 4 is 5.69 Å². The Hall–Kier alpha value is -1.27. The number of hydrogen-bond donors (Lipinski definition) is 1. The van der Waals surface area contributed by atoms with E-state index < -0.39 is 11.7 Å². The third-order valence-electron chi connectivity index (χ3n) is 3.38. The molecule has 1 atom stereocenters. The Kier molecular flexibility index (Phi) is 4.88. The van der Waals surface area contributed by atoms with Crippen molar-refractivity contribution in [3.8, 4) is 0 Å². The van der Waals surface area contributed by atoms with Gasteiger partial charge in [-0.2, -0.15) is 13.2 Å². The average Bonchev–Trinajstić information content (AvgIpc) is 2.45. The molecule has 20 heavy (non-hydrogen) atoms. The van der Waals surface area contributed by atoms with E-state index >= 15 is 0 Å². The molecular weight excluding hydrogens is 269 g/mol. The Morgan fingerprint density at radius 2 is 2.00 bits per heavy atom. The number of nitrogens with zero attached hydrogens (tertiary/aromatic N) is 1. The molecule has 1 aromatic carbocycles. The fraction of sp³-hybridized carbons (Fsp3) is 0.571. The summed E-state index contributed by atoms with van der Waals surface area (Å²) in [6.45, 7) is 5.53. The second-order valence-electron chi connectivity index (χ2n) is 4.77. The van der Waals surface area contributed by atoms with Crippen molar-refractivity contribution in [1.29, 1.82) is 0 Å². The van der Waals surface area contributed by atoms with Gasteiger partial charge in [-0.1, -0.05) is 6.92 Å². The molecular formula is C14H19F3N2O. The van der Waals surface area contributed by atoms with E-state index in [1.165, 1.54) is 12.1 Å². The number of nitrogens with one attached hydrogen (secondary N) is 1. The summed E-state index contributed by atoms with van der Waals surface area (Å²) in [6.07, 6.45) is -4.29. The average molecular weight is 288 g/mol. The number of benzene rings is 1. The molecule has 0 aliphatic carbocycles. The zero-order chi connectivity index (χ0) is 14.6. The van der Waals surface area contributed by atoms with Crippen LogP contribution in [0, 0.1) is 0 Å². The van der Waals surface area contributed by atoms with Crippen LogP contribution in [0.5, 0.6) is 0 Å². The van der Waals surface area contributed by atoms with Gasteiger partial charge >= 0.3 is 6.18 Å². The van der Waals surface area contributed by atoms with E-state index in [0.29, 0.717) is 19.8 Å². The Balaban J connectivity index is 2.11. The Labute approximate surface area is 116 Å². The van der Waals surface area contributed by atoms with Crippen molar-refractivity contribution in [2.24, 2.45) is 0 Å². The predicted molar refractivity (Wildman–Crippen MR) is 71.9 cm³/mol. The van der Waals surface area contributed by atoms with E-state index in [1.54, 1.807) is 0 Å². The molecule has 0 radical (unpaired) electrons. The van der Waals surface area contributed by atoms with Crippen LogP contribution in [0.2, 0.25) is 0 Å². The van der Waals surface area contributed by atoms with Gasteiger partial charge in [-0.15, -0.1) is 0 Å². The Bertz CT molecular complexity index is 419. The van der Waals surface area contributed by atoms with E-state index in [1.807, 2.05) is 6.92 Å². The number of anilines is 1. The number of ether oxygens (including phenoxy) is 1. The van der Waals surface area contributed by atoms with Crippen LogP contribution >= 0.6 is 0 Å². The highest BCUT2D eigenvalue weighted by Gasteiger charge is 2.30. The third kappa shape index (κ3) is 3.64. The molecule has 0 bridgehead atoms. The maximum Gasteiger partial charge on any atom is 0.416 e. The maximum atomic E-state index is 12.6. The molecule has 1 unspecified atom stereocenters. The zero-order valence-corrected chi connectivity index (χ0v) is 11.4. The number of halogens is 3. The second-order valence-corrected chi connectivity index (χ2v) is 4.77. The van der Waals surface area contributed by atoms with Gasteiger partial charge in [0.2, 0.25) is 0 Å². The maximum absolute atomic E-state index is 12.6. The summed E-state index contributed by atoms with van der Waals surface area (Å²) in [5, 5.41) is 3.25. The summed E-state index contributed by atoms with van der Waals surface area (Å²) in [4.78, 5) is 2.10. The molecule has 1 aliphatic heterocycles. The van der Waals surface area contributed by atoms with Gasteiger partial charge in [0.05, 0.1) is 24.8 Å². The lowest BCUT2D eigenvalue weighted by molar-refractivity contribution is -0.137. The van der Waals surface area contributed by atoms with Crippen molar-refractivity contribution in [2.75, 3.05) is 37.7 Å². The first-order valence-electron chi connectivity index (χ1n) is 6.74. The molecule has 3 nitrogen and oxygen atoms in total. The molecule has 1 heterocycles. The topological polar surface area (TPSA) is 24.5 Å². The minimum atomic E-state index is -4.29. The van der Waals surface area contributed by atoms with Crippen LogP contribution in [0.3, 0.4) is 0 Å². The first-order chi connectivity index (χ1) is 9.52. The molecule has 1 aromatic rings. The van der Waals surface area contributed by atoms with Crippen LogP contribution in [-0.2, 0) is 10.9 Å². The van der Waals surface area contributed by atoms with Gasteiger partial charge in [0.25, 0.3) is 0 Å². The van der Waals surface area contributed by atoms with Crippen LogP contribution in [-0.4, -0.2) is 38.9 Å². The Morgan fingerprint density at radius 1 is 1.30 bits per heavy atom. The fourth-order valence-corrected chi connectivity index (χ4v) is 2.32. The van der Waals surface area contributed by atoms with E-state index in [9.17, 15) is 13.2 Å². The lowest BCUT2D eigenvalue weighted by Crippen LogP contribution is -2.50. The molecule has 0 amide bonds. The van der Waals surface area contributed by atoms with Crippen molar-refractivity contribution in [3.63, 3.8) is 0 Å². The van der Waals surface area contributed by atoms with E-state index in [0.717, 1.165) is 30.9 Å². The van der Waals surface area contributed by atoms with Gasteiger partial charge in [-0.25, -0.2) is 0 Å². The van der Waals surface area contributed by atoms with Crippen molar-refractivity contribution in [3.05, 3.63) is 29.8 Å². The van der Waals surface area contributed by atoms with Gasteiger partial charge in [-0.3, -0.25) is 0 Å². The Morgan fingerprint density at radius 3 is 2.60 bits per heavy atom. The van der Waals surface area contributed by atoms with Crippen LogP contribution in [0.4, 0.5) is 18.9 Å². The molecule has 6 heteroatoms. The third-order valence-corrected chi connectivity index (χ3v) is 3.38. The minimum Gasteiger partial charge on any atom is -0.377 e. The van der Waals surface area contributed by atoms with Gasteiger partial charge in [0, 0.05) is 18.8 Å². The SMILES string of the molecule is CCNCC1COCCN1c1ccc(C(F)(F)F)cc1. The fourth-order valence-electron chi connectivity index (χ4n) is 2.32. The second kappa shape index (κ2) is 6.45. The van der Waals surface area contributed by atoms with Crippen molar-refractivity contribution in [2.45, 2.75) is 19.1 Å². The normalized spacial score (nSPS) is 20.2. The molecule has 0 aromatic heterocycles. The van der Waals surface area contributed by atoms with Crippen LogP contribution in [0.1, 0.15) is 12.5 Å². The monoisotopic (exact) mass is 288 g/mol. The summed E-state index contributed by atoms with van der Waals surface area (Å²) in [5.41, 5.74) is 0.196. The van der Waals surface area contributed by atoms with Crippen LogP contribution in [0.25, 0.3) is 0 Å². The van der Waals surface area contributed by atoms with Gasteiger partial charge in [0.15, 0.2) is 0 Å². The predicted octanol–water partition coefficient (Wildman–Crippen LogP) is 2.52. The molecule has 0 spiro atoms. The molecule has 1 saturated heterocycles. The summed E-state index contributed by atoms with van der Waals surface area (Å²) in [5.74, 6) is 0. The molecule has 0 saturated carbocycles. The quantitative estimate of drug-likeness (QED) is 0.921. The summed E-state index contributed by atoms with van der Waals surface area (Å²) in [7, 11) is 0. The van der Waals surface area contributed by atoms with E-state index in [-0.39, 0.29) is 6.04 Å². The number of rotatable bonds is 4. The number of morpholine rings is 1. The molecule has 1 N–H and O–H groups in total. The largest absolute Gasteiger partial charge is 0.416 e. The summed E-state index contributed by atoms with van der Waals surface area (Å²) < 4.78 is 43.1. The number of likely N-dealkylation sites (N-methyl/N-ethyl adjacent to an activating group) is 1. The lowest BCUT2D eigenvalue weighted by Gasteiger charge is -2.37. The molecule has 2 rings (SSSR count). The first-order valence-corrected chi connectivity index (χ1v) is 6.74. The van der Waals surface area contributed by atoms with E-state index in [4.69, 9.17) is 4.74 Å².